The minimum atomic E-state index is -0.149. The van der Waals surface area contributed by atoms with Crippen LogP contribution in [0.1, 0.15) is 22.7 Å². The van der Waals surface area contributed by atoms with E-state index in [2.05, 4.69) is 186 Å². The quantitative estimate of drug-likeness (QED) is 0.196. The number of hydrogen-bond acceptors (Lipinski definition) is 3. The molecular weight excluding hydrogens is 627 g/mol. The average molecular weight is 658 g/mol. The van der Waals surface area contributed by atoms with Gasteiger partial charge in [0.05, 0.1) is 17.1 Å². The van der Waals surface area contributed by atoms with Crippen molar-refractivity contribution in [3.05, 3.63) is 193 Å². The summed E-state index contributed by atoms with van der Waals surface area (Å²) in [6.07, 6.45) is 2.28. The molecule has 0 saturated carbocycles. The fourth-order valence-corrected chi connectivity index (χ4v) is 8.73. The molecule has 4 heteroatoms. The SMILES string of the molecule is C1=C(c2ccccc2)NC(c2cccc(-n3c4ccccc4c4ccc(-c5ccccc5)cc43)c2)=NC1c1cccc2c1sc1ccccc12. The molecule has 1 atom stereocenters. The predicted molar refractivity (Wildman–Crippen MR) is 212 cm³/mol. The van der Waals surface area contributed by atoms with Gasteiger partial charge in [-0.2, -0.15) is 0 Å². The van der Waals surface area contributed by atoms with Crippen molar-refractivity contribution >= 4 is 64.8 Å². The molecule has 9 aromatic rings. The number of hydrogen-bond donors (Lipinski definition) is 1. The molecule has 1 aliphatic heterocycles. The van der Waals surface area contributed by atoms with Crippen molar-refractivity contribution in [1.82, 2.24) is 9.88 Å². The van der Waals surface area contributed by atoms with Crippen LogP contribution in [-0.4, -0.2) is 10.4 Å². The standard InChI is InChI=1S/C46H31N3S/c1-3-13-30(14-4-1)32-25-26-36-35-19-7-9-23-42(35)49(43(36)28-32)34-18-11-17-33(27-34)46-47-40(31-15-5-2-6-16-31)29-41(48-46)39-22-12-21-38-37-20-8-10-24-44(37)50-45(38)39/h1-29,41H,(H,47,48). The van der Waals surface area contributed by atoms with Gasteiger partial charge in [-0.25, -0.2) is 0 Å². The summed E-state index contributed by atoms with van der Waals surface area (Å²) >= 11 is 1.86. The molecule has 3 heterocycles. The molecule has 3 nitrogen and oxygen atoms in total. The Hall–Kier alpha value is -6.23. The second kappa shape index (κ2) is 11.7. The van der Waals surface area contributed by atoms with Crippen molar-refractivity contribution in [2.45, 2.75) is 6.04 Å². The van der Waals surface area contributed by atoms with Crippen LogP contribution in [0.2, 0.25) is 0 Å². The first-order valence-corrected chi connectivity index (χ1v) is 17.8. The number of aliphatic imine (C=N–C) groups is 1. The number of para-hydroxylation sites is 1. The van der Waals surface area contributed by atoms with Gasteiger partial charge in [0.15, 0.2) is 0 Å². The van der Waals surface area contributed by atoms with Gasteiger partial charge in [-0.3, -0.25) is 4.99 Å². The Balaban J connectivity index is 1.14. The molecule has 2 aromatic heterocycles. The third-order valence-electron chi connectivity index (χ3n) is 9.84. The molecule has 0 saturated heterocycles. The van der Waals surface area contributed by atoms with Crippen molar-refractivity contribution in [2.75, 3.05) is 0 Å². The van der Waals surface area contributed by atoms with E-state index < -0.39 is 0 Å². The van der Waals surface area contributed by atoms with Gasteiger partial charge < -0.3 is 9.88 Å². The molecule has 1 N–H and O–H groups in total. The highest BCUT2D eigenvalue weighted by molar-refractivity contribution is 7.26. The summed E-state index contributed by atoms with van der Waals surface area (Å²) in [4.78, 5) is 5.45. The van der Waals surface area contributed by atoms with Gasteiger partial charge in [-0.05, 0) is 58.7 Å². The molecule has 0 spiro atoms. The van der Waals surface area contributed by atoms with E-state index in [1.807, 2.05) is 11.3 Å². The topological polar surface area (TPSA) is 29.3 Å². The molecule has 0 bridgehead atoms. The maximum atomic E-state index is 5.45. The Bertz CT molecular complexity index is 2790. The summed E-state index contributed by atoms with van der Waals surface area (Å²) in [6, 6.07) is 60.7. The van der Waals surface area contributed by atoms with Gasteiger partial charge in [-0.15, -0.1) is 11.3 Å². The van der Waals surface area contributed by atoms with Crippen LogP contribution in [0.5, 0.6) is 0 Å². The molecule has 0 fully saturated rings. The van der Waals surface area contributed by atoms with Crippen LogP contribution in [0, 0.1) is 0 Å². The number of benzene rings is 7. The summed E-state index contributed by atoms with van der Waals surface area (Å²) in [5, 5.41) is 8.81. The van der Waals surface area contributed by atoms with Crippen molar-refractivity contribution in [3.8, 4) is 16.8 Å². The Kier molecular flexibility index (Phi) is 6.74. The Morgan fingerprint density at radius 2 is 1.18 bits per heavy atom. The third kappa shape index (κ3) is 4.76. The number of rotatable bonds is 5. The minimum Gasteiger partial charge on any atom is -0.340 e. The fourth-order valence-electron chi connectivity index (χ4n) is 7.48. The molecule has 0 aliphatic carbocycles. The predicted octanol–water partition coefficient (Wildman–Crippen LogP) is 12.0. The largest absolute Gasteiger partial charge is 0.340 e. The monoisotopic (exact) mass is 657 g/mol. The van der Waals surface area contributed by atoms with Crippen LogP contribution in [0.4, 0.5) is 0 Å². The highest BCUT2D eigenvalue weighted by atomic mass is 32.1. The molecule has 10 rings (SSSR count). The van der Waals surface area contributed by atoms with Crippen LogP contribution in [-0.2, 0) is 0 Å². The average Bonchev–Trinajstić information content (AvgIpc) is 3.74. The summed E-state index contributed by atoms with van der Waals surface area (Å²) in [5.74, 6) is 0.863. The van der Waals surface area contributed by atoms with Gasteiger partial charge >= 0.3 is 0 Å². The van der Waals surface area contributed by atoms with E-state index in [0.29, 0.717) is 0 Å². The number of nitrogens with zero attached hydrogens (tertiary/aromatic N) is 2. The Morgan fingerprint density at radius 3 is 2.04 bits per heavy atom. The summed E-state index contributed by atoms with van der Waals surface area (Å²) in [5.41, 5.74) is 10.3. The van der Waals surface area contributed by atoms with E-state index in [9.17, 15) is 0 Å². The van der Waals surface area contributed by atoms with Gasteiger partial charge in [-0.1, -0.05) is 140 Å². The zero-order valence-corrected chi connectivity index (χ0v) is 27.9. The lowest BCUT2D eigenvalue weighted by molar-refractivity contribution is 0.890. The summed E-state index contributed by atoms with van der Waals surface area (Å²) in [6.45, 7) is 0. The number of fused-ring (bicyclic) bond motifs is 6. The maximum Gasteiger partial charge on any atom is 0.133 e. The van der Waals surface area contributed by atoms with Crippen molar-refractivity contribution in [3.63, 3.8) is 0 Å². The summed E-state index contributed by atoms with van der Waals surface area (Å²) in [7, 11) is 0. The van der Waals surface area contributed by atoms with Gasteiger partial charge in [0.1, 0.15) is 5.84 Å². The second-order valence-electron chi connectivity index (χ2n) is 12.8. The van der Waals surface area contributed by atoms with Gasteiger partial charge in [0.2, 0.25) is 0 Å². The Labute approximate surface area is 294 Å². The molecule has 0 amide bonds. The zero-order chi connectivity index (χ0) is 33.0. The second-order valence-corrected chi connectivity index (χ2v) is 13.9. The zero-order valence-electron chi connectivity index (χ0n) is 27.1. The van der Waals surface area contributed by atoms with E-state index in [-0.39, 0.29) is 6.04 Å². The van der Waals surface area contributed by atoms with E-state index in [1.165, 1.54) is 58.7 Å². The van der Waals surface area contributed by atoms with Crippen LogP contribution in [0.15, 0.2) is 181 Å². The normalized spacial score (nSPS) is 14.6. The van der Waals surface area contributed by atoms with E-state index in [1.54, 1.807) is 0 Å². The minimum absolute atomic E-state index is 0.149. The number of aromatic nitrogens is 1. The lowest BCUT2D eigenvalue weighted by Gasteiger charge is -2.24. The maximum absolute atomic E-state index is 5.45. The lowest BCUT2D eigenvalue weighted by Crippen LogP contribution is -2.27. The first-order chi connectivity index (χ1) is 24.8. The number of thiophene rings is 1. The fraction of sp³-hybridized carbons (Fsp3) is 0.0217. The molecule has 1 unspecified atom stereocenters. The first-order valence-electron chi connectivity index (χ1n) is 17.0. The van der Waals surface area contributed by atoms with Crippen LogP contribution in [0.3, 0.4) is 0 Å². The van der Waals surface area contributed by atoms with Gasteiger partial charge in [0, 0.05) is 47.9 Å². The van der Waals surface area contributed by atoms with Crippen molar-refractivity contribution in [2.24, 2.45) is 4.99 Å². The molecule has 50 heavy (non-hydrogen) atoms. The smallest absolute Gasteiger partial charge is 0.133 e. The van der Waals surface area contributed by atoms with E-state index in [4.69, 9.17) is 4.99 Å². The van der Waals surface area contributed by atoms with E-state index >= 15 is 0 Å². The molecule has 0 radical (unpaired) electrons. The molecular formula is C46H31N3S. The first kappa shape index (κ1) is 28.8. The molecule has 1 aliphatic rings. The third-order valence-corrected chi connectivity index (χ3v) is 11.1. The Morgan fingerprint density at radius 1 is 0.500 bits per heavy atom. The highest BCUT2D eigenvalue weighted by Gasteiger charge is 2.23. The van der Waals surface area contributed by atoms with Crippen LogP contribution >= 0.6 is 11.3 Å². The van der Waals surface area contributed by atoms with Crippen molar-refractivity contribution in [1.29, 1.82) is 0 Å². The number of amidine groups is 1. The van der Waals surface area contributed by atoms with Gasteiger partial charge in [0.25, 0.3) is 0 Å². The molecule has 7 aromatic carbocycles. The summed E-state index contributed by atoms with van der Waals surface area (Å²) < 4.78 is 4.99. The number of nitrogens with one attached hydrogen (secondary N) is 1. The van der Waals surface area contributed by atoms with Crippen molar-refractivity contribution < 1.29 is 0 Å². The highest BCUT2D eigenvalue weighted by Crippen LogP contribution is 2.41. The lowest BCUT2D eigenvalue weighted by atomic mass is 9.99. The van der Waals surface area contributed by atoms with Crippen LogP contribution < -0.4 is 5.32 Å². The van der Waals surface area contributed by atoms with E-state index in [0.717, 1.165) is 28.3 Å². The molecule has 236 valence electrons. The van der Waals surface area contributed by atoms with Crippen LogP contribution in [0.25, 0.3) is 64.5 Å².